The Morgan fingerprint density at radius 1 is 1.12 bits per heavy atom. The summed E-state index contributed by atoms with van der Waals surface area (Å²) in [5, 5.41) is 2.88. The average Bonchev–Trinajstić information content (AvgIpc) is 3.62. The van der Waals surface area contributed by atoms with Crippen LogP contribution in [0, 0.1) is 5.92 Å². The van der Waals surface area contributed by atoms with E-state index in [0.29, 0.717) is 23.8 Å². The highest BCUT2D eigenvalue weighted by molar-refractivity contribution is 7.92. The Morgan fingerprint density at radius 2 is 1.81 bits per heavy atom. The van der Waals surface area contributed by atoms with Crippen LogP contribution in [0.2, 0.25) is 0 Å². The first-order valence-electron chi connectivity index (χ1n) is 14.9. The molecule has 11 heteroatoms. The largest absolute Gasteiger partial charge is 0.381 e. The zero-order valence-electron chi connectivity index (χ0n) is 25.1. The van der Waals surface area contributed by atoms with Crippen LogP contribution in [0.5, 0.6) is 0 Å². The molecule has 0 saturated carbocycles. The maximum absolute atomic E-state index is 13.8. The van der Waals surface area contributed by atoms with Gasteiger partial charge in [-0.15, -0.1) is 0 Å². The molecule has 42 heavy (non-hydrogen) atoms. The van der Waals surface area contributed by atoms with Gasteiger partial charge in [0.15, 0.2) is 0 Å². The standard InChI is InChI=1S/C31H43N5O5S/c1-5-36(42(38,39)26-11-8-24(9-12-26)32-29(37)22-34-16-6-7-17-34)25-10-13-28-27(20-25)33-30(31(2,3)40-4)35(28)21-23-14-18-41-19-15-23/h8-13,20,23H,5-7,14-19,21-22H2,1-4H3,(H,32,37). The fourth-order valence-electron chi connectivity index (χ4n) is 5.87. The van der Waals surface area contributed by atoms with Gasteiger partial charge in [-0.3, -0.25) is 14.0 Å². The summed E-state index contributed by atoms with van der Waals surface area (Å²) in [5.41, 5.74) is 2.18. The lowest BCUT2D eigenvalue weighted by Gasteiger charge is -2.27. The highest BCUT2D eigenvalue weighted by Crippen LogP contribution is 2.33. The molecule has 1 N–H and O–H groups in total. The third-order valence-corrected chi connectivity index (χ3v) is 10.3. The van der Waals surface area contributed by atoms with Gasteiger partial charge in [0.1, 0.15) is 11.4 Å². The highest BCUT2D eigenvalue weighted by atomic mass is 32.2. The maximum atomic E-state index is 13.8. The number of sulfonamides is 1. The summed E-state index contributed by atoms with van der Waals surface area (Å²) < 4.78 is 42.6. The maximum Gasteiger partial charge on any atom is 0.264 e. The van der Waals surface area contributed by atoms with Crippen molar-refractivity contribution in [2.75, 3.05) is 56.1 Å². The third kappa shape index (κ3) is 6.49. The van der Waals surface area contributed by atoms with Gasteiger partial charge in [-0.2, -0.15) is 0 Å². The Kier molecular flexibility index (Phi) is 9.22. The quantitative estimate of drug-likeness (QED) is 0.345. The summed E-state index contributed by atoms with van der Waals surface area (Å²) in [4.78, 5) is 19.7. The molecule has 2 fully saturated rings. The van der Waals surface area contributed by atoms with Crippen LogP contribution in [0.4, 0.5) is 11.4 Å². The number of carbonyl (C=O) groups excluding carboxylic acids is 1. The number of likely N-dealkylation sites (tertiary alicyclic amines) is 1. The zero-order valence-corrected chi connectivity index (χ0v) is 26.0. The van der Waals surface area contributed by atoms with Crippen LogP contribution in [-0.4, -0.2) is 75.3 Å². The lowest BCUT2D eigenvalue weighted by molar-refractivity contribution is -0.117. The molecule has 10 nitrogen and oxygen atoms in total. The molecule has 3 heterocycles. The van der Waals surface area contributed by atoms with Gasteiger partial charge in [0.05, 0.1) is 28.2 Å². The van der Waals surface area contributed by atoms with Crippen LogP contribution in [0.25, 0.3) is 11.0 Å². The van der Waals surface area contributed by atoms with Gasteiger partial charge in [0, 0.05) is 39.1 Å². The number of ether oxygens (including phenoxy) is 2. The van der Waals surface area contributed by atoms with Crippen molar-refractivity contribution in [1.82, 2.24) is 14.5 Å². The number of amides is 1. The molecule has 1 amide bonds. The van der Waals surface area contributed by atoms with Crippen molar-refractivity contribution in [3.05, 3.63) is 48.3 Å². The number of aromatic nitrogens is 2. The number of hydrogen-bond acceptors (Lipinski definition) is 7. The first-order valence-corrected chi connectivity index (χ1v) is 16.3. The van der Waals surface area contributed by atoms with E-state index in [1.165, 1.54) is 4.31 Å². The van der Waals surface area contributed by atoms with E-state index in [-0.39, 0.29) is 17.3 Å². The van der Waals surface area contributed by atoms with E-state index in [1.54, 1.807) is 31.4 Å². The van der Waals surface area contributed by atoms with Gasteiger partial charge >= 0.3 is 0 Å². The molecular formula is C31H43N5O5S. The van der Waals surface area contributed by atoms with E-state index in [9.17, 15) is 13.2 Å². The zero-order chi connectivity index (χ0) is 29.9. The summed E-state index contributed by atoms with van der Waals surface area (Å²) in [5.74, 6) is 1.20. The number of nitrogens with one attached hydrogen (secondary N) is 1. The Bertz CT molecular complexity index is 1490. The summed E-state index contributed by atoms with van der Waals surface area (Å²) >= 11 is 0. The van der Waals surface area contributed by atoms with E-state index in [2.05, 4.69) is 14.8 Å². The smallest absolute Gasteiger partial charge is 0.264 e. The van der Waals surface area contributed by atoms with Gasteiger partial charge < -0.3 is 19.4 Å². The number of anilines is 2. The number of methoxy groups -OCH3 is 1. The molecule has 0 aliphatic carbocycles. The van der Waals surface area contributed by atoms with Crippen molar-refractivity contribution < 1.29 is 22.7 Å². The second-order valence-electron chi connectivity index (χ2n) is 11.7. The molecule has 0 bridgehead atoms. The van der Waals surface area contributed by atoms with Crippen molar-refractivity contribution in [1.29, 1.82) is 0 Å². The van der Waals surface area contributed by atoms with Crippen molar-refractivity contribution in [2.24, 2.45) is 5.92 Å². The summed E-state index contributed by atoms with van der Waals surface area (Å²) in [6, 6.07) is 12.0. The molecule has 0 radical (unpaired) electrons. The van der Waals surface area contributed by atoms with Crippen molar-refractivity contribution in [2.45, 2.75) is 63.5 Å². The number of rotatable bonds is 11. The fraction of sp³-hybridized carbons (Fsp3) is 0.548. The van der Waals surface area contributed by atoms with Crippen molar-refractivity contribution in [3.63, 3.8) is 0 Å². The first kappa shape index (κ1) is 30.5. The topological polar surface area (TPSA) is 106 Å². The Hall–Kier alpha value is -2.99. The second-order valence-corrected chi connectivity index (χ2v) is 13.6. The number of imidazole rings is 1. The number of fused-ring (bicyclic) bond motifs is 1. The van der Waals surface area contributed by atoms with Crippen LogP contribution in [0.1, 0.15) is 52.3 Å². The Labute approximate surface area is 249 Å². The SMILES string of the molecule is CCN(c1ccc2c(c1)nc(C(C)(C)OC)n2CC1CCOCC1)S(=O)(=O)c1ccc(NC(=O)CN2CCCC2)cc1. The van der Waals surface area contributed by atoms with Gasteiger partial charge in [0.25, 0.3) is 10.0 Å². The van der Waals surface area contributed by atoms with Crippen LogP contribution in [0.15, 0.2) is 47.4 Å². The fourth-order valence-corrected chi connectivity index (χ4v) is 7.33. The molecule has 0 spiro atoms. The Balaban J connectivity index is 1.39. The Morgan fingerprint density at radius 3 is 2.45 bits per heavy atom. The van der Waals surface area contributed by atoms with E-state index in [1.807, 2.05) is 39.0 Å². The number of nitrogens with zero attached hydrogens (tertiary/aromatic N) is 4. The van der Waals surface area contributed by atoms with E-state index < -0.39 is 15.6 Å². The summed E-state index contributed by atoms with van der Waals surface area (Å²) in [7, 11) is -2.18. The van der Waals surface area contributed by atoms with Gasteiger partial charge in [0.2, 0.25) is 5.91 Å². The molecule has 0 unspecified atom stereocenters. The third-order valence-electron chi connectivity index (χ3n) is 8.43. The average molecular weight is 598 g/mol. The molecule has 1 aromatic heterocycles. The van der Waals surface area contributed by atoms with Crippen molar-refractivity contribution >= 4 is 38.3 Å². The molecular weight excluding hydrogens is 554 g/mol. The van der Waals surface area contributed by atoms with E-state index in [4.69, 9.17) is 14.5 Å². The number of hydrogen-bond donors (Lipinski definition) is 1. The van der Waals surface area contributed by atoms with Crippen LogP contribution in [-0.2, 0) is 36.4 Å². The molecule has 228 valence electrons. The minimum atomic E-state index is -3.86. The summed E-state index contributed by atoms with van der Waals surface area (Å²) in [6.07, 6.45) is 4.22. The number of benzene rings is 2. The molecule has 2 aliphatic heterocycles. The monoisotopic (exact) mass is 597 g/mol. The van der Waals surface area contributed by atoms with Gasteiger partial charge in [-0.25, -0.2) is 13.4 Å². The van der Waals surface area contributed by atoms with Crippen LogP contribution in [0.3, 0.4) is 0 Å². The van der Waals surface area contributed by atoms with Gasteiger partial charge in [-0.1, -0.05) is 0 Å². The normalized spacial score (nSPS) is 17.1. The molecule has 0 atom stereocenters. The van der Waals surface area contributed by atoms with Crippen molar-refractivity contribution in [3.8, 4) is 0 Å². The minimum Gasteiger partial charge on any atom is -0.381 e. The summed E-state index contributed by atoms with van der Waals surface area (Å²) in [6.45, 7) is 10.6. The van der Waals surface area contributed by atoms with E-state index in [0.717, 1.165) is 75.4 Å². The first-order chi connectivity index (χ1) is 20.1. The van der Waals surface area contributed by atoms with Crippen LogP contribution < -0.4 is 9.62 Å². The predicted molar refractivity (Wildman–Crippen MR) is 164 cm³/mol. The molecule has 3 aromatic rings. The highest BCUT2D eigenvalue weighted by Gasteiger charge is 2.30. The molecule has 2 saturated heterocycles. The van der Waals surface area contributed by atoms with Crippen LogP contribution >= 0.6 is 0 Å². The number of carbonyl (C=O) groups is 1. The predicted octanol–water partition coefficient (Wildman–Crippen LogP) is 4.59. The molecule has 5 rings (SSSR count). The lowest BCUT2D eigenvalue weighted by atomic mass is 9.99. The lowest BCUT2D eigenvalue weighted by Crippen LogP contribution is -2.31. The molecule has 2 aromatic carbocycles. The second kappa shape index (κ2) is 12.7. The van der Waals surface area contributed by atoms with E-state index >= 15 is 0 Å². The van der Waals surface area contributed by atoms with Gasteiger partial charge in [-0.05, 0) is 108 Å². The minimum absolute atomic E-state index is 0.0942. The molecule has 2 aliphatic rings.